The Morgan fingerprint density at radius 1 is 1.26 bits per heavy atom. The summed E-state index contributed by atoms with van der Waals surface area (Å²) >= 11 is 1.01. The van der Waals surface area contributed by atoms with Crippen LogP contribution in [0, 0.1) is 11.7 Å². The number of urea groups is 1. The highest BCUT2D eigenvalue weighted by atomic mass is 32.2. The second-order valence-electron chi connectivity index (χ2n) is 6.71. The number of amidine groups is 2. The van der Waals surface area contributed by atoms with Gasteiger partial charge in [-0.25, -0.2) is 14.2 Å². The van der Waals surface area contributed by atoms with Crippen LogP contribution in [0.1, 0.15) is 5.76 Å². The van der Waals surface area contributed by atoms with Crippen molar-refractivity contribution in [2.45, 2.75) is 0 Å². The summed E-state index contributed by atoms with van der Waals surface area (Å²) in [4.78, 5) is 47.3. The van der Waals surface area contributed by atoms with E-state index in [1.165, 1.54) is 43.1 Å². The summed E-state index contributed by atoms with van der Waals surface area (Å²) in [6.07, 6.45) is 1.45. The molecule has 1 N–H and O–H groups in total. The van der Waals surface area contributed by atoms with Crippen LogP contribution in [0.2, 0.25) is 0 Å². The van der Waals surface area contributed by atoms with Crippen molar-refractivity contribution in [2.75, 3.05) is 25.2 Å². The molecule has 1 aromatic carbocycles. The van der Waals surface area contributed by atoms with E-state index in [2.05, 4.69) is 15.3 Å². The number of hydrogen-bond donors (Lipinski definition) is 1. The van der Waals surface area contributed by atoms with Crippen molar-refractivity contribution in [1.29, 1.82) is 0 Å². The van der Waals surface area contributed by atoms with E-state index in [1.807, 2.05) is 0 Å². The van der Waals surface area contributed by atoms with Gasteiger partial charge < -0.3 is 9.73 Å². The van der Waals surface area contributed by atoms with Crippen LogP contribution in [0.3, 0.4) is 0 Å². The predicted octanol–water partition coefficient (Wildman–Crippen LogP) is 2.20. The first-order valence-corrected chi connectivity index (χ1v) is 10.2. The fourth-order valence-corrected chi connectivity index (χ4v) is 3.97. The van der Waals surface area contributed by atoms with E-state index in [0.29, 0.717) is 5.76 Å². The minimum absolute atomic E-state index is 0.0579. The fourth-order valence-electron chi connectivity index (χ4n) is 3.09. The van der Waals surface area contributed by atoms with E-state index in [0.717, 1.165) is 16.7 Å². The summed E-state index contributed by atoms with van der Waals surface area (Å²) in [6.45, 7) is 0. The number of halogens is 1. The maximum absolute atomic E-state index is 13.8. The van der Waals surface area contributed by atoms with Crippen LogP contribution in [0.15, 0.2) is 57.1 Å². The number of anilines is 1. The summed E-state index contributed by atoms with van der Waals surface area (Å²) in [5.74, 6) is -1.84. The lowest BCUT2D eigenvalue weighted by Crippen LogP contribution is -2.54. The van der Waals surface area contributed by atoms with Crippen LogP contribution in [-0.4, -0.2) is 63.9 Å². The minimum atomic E-state index is -0.933. The topological polar surface area (TPSA) is 107 Å². The molecule has 158 valence electrons. The number of furan rings is 1. The van der Waals surface area contributed by atoms with Crippen molar-refractivity contribution in [2.24, 2.45) is 15.9 Å². The molecular formula is C20H17FN5O4S+. The van der Waals surface area contributed by atoms with Crippen molar-refractivity contribution in [3.63, 3.8) is 0 Å². The molecule has 0 fully saturated rings. The fraction of sp³-hybridized carbons (Fsp3) is 0.200. The molecule has 0 radical (unpaired) electrons. The summed E-state index contributed by atoms with van der Waals surface area (Å²) in [7, 11) is 2.88. The number of benzene rings is 1. The first kappa shape index (κ1) is 20.7. The van der Waals surface area contributed by atoms with Gasteiger partial charge in [-0.2, -0.15) is 9.48 Å². The number of nitrogens with zero attached hydrogens (tertiary/aromatic N) is 4. The monoisotopic (exact) mass is 442 g/mol. The van der Waals surface area contributed by atoms with Gasteiger partial charge in [0.05, 0.1) is 31.8 Å². The number of thioether (sulfide) groups is 1. The first-order chi connectivity index (χ1) is 14.9. The van der Waals surface area contributed by atoms with Crippen molar-refractivity contribution in [3.8, 4) is 0 Å². The number of aliphatic imine (C=N–C) groups is 2. The molecule has 0 bridgehead atoms. The van der Waals surface area contributed by atoms with E-state index in [-0.39, 0.29) is 28.2 Å². The average Bonchev–Trinajstić information content (AvgIpc) is 3.31. The Labute approximate surface area is 180 Å². The van der Waals surface area contributed by atoms with Crippen LogP contribution in [0.25, 0.3) is 0 Å². The highest BCUT2D eigenvalue weighted by molar-refractivity contribution is 8.14. The largest absolute Gasteiger partial charge is 0.459 e. The minimum Gasteiger partial charge on any atom is -0.459 e. The Bertz CT molecular complexity index is 1170. The van der Waals surface area contributed by atoms with Gasteiger partial charge in [0.15, 0.2) is 11.7 Å². The molecule has 4 amide bonds. The van der Waals surface area contributed by atoms with E-state index in [1.54, 1.807) is 18.2 Å². The maximum atomic E-state index is 13.8. The van der Waals surface area contributed by atoms with Gasteiger partial charge in [0.25, 0.3) is 11.7 Å². The highest BCUT2D eigenvalue weighted by Crippen LogP contribution is 2.27. The van der Waals surface area contributed by atoms with Gasteiger partial charge in [0.1, 0.15) is 10.9 Å². The number of para-hydroxylation sites is 1. The Hall–Kier alpha value is -3.60. The molecule has 1 aromatic heterocycles. The Morgan fingerprint density at radius 3 is 2.74 bits per heavy atom. The molecule has 0 saturated carbocycles. The lowest BCUT2D eigenvalue weighted by Gasteiger charge is -2.26. The van der Waals surface area contributed by atoms with Crippen LogP contribution < -0.4 is 5.32 Å². The molecule has 1 unspecified atom stereocenters. The number of amides is 4. The molecule has 2 aromatic rings. The molecule has 3 heterocycles. The molecule has 2 aliphatic heterocycles. The Balaban J connectivity index is 1.62. The van der Waals surface area contributed by atoms with Gasteiger partial charge in [-0.1, -0.05) is 28.9 Å². The van der Waals surface area contributed by atoms with Crippen molar-refractivity contribution < 1.29 is 27.8 Å². The molecule has 31 heavy (non-hydrogen) atoms. The number of carbonyl (C=O) groups excluding carboxylic acids is 3. The van der Waals surface area contributed by atoms with Crippen LogP contribution >= 0.6 is 11.8 Å². The quantitative estimate of drug-likeness (QED) is 0.731. The van der Waals surface area contributed by atoms with Crippen molar-refractivity contribution in [1.82, 2.24) is 4.90 Å². The zero-order valence-electron chi connectivity index (χ0n) is 16.5. The van der Waals surface area contributed by atoms with Gasteiger partial charge >= 0.3 is 11.9 Å². The average molecular weight is 442 g/mol. The maximum Gasteiger partial charge on any atom is 0.445 e. The second kappa shape index (κ2) is 8.26. The van der Waals surface area contributed by atoms with E-state index >= 15 is 0 Å². The third-order valence-corrected chi connectivity index (χ3v) is 5.71. The number of nitrogens with one attached hydrogen (secondary N) is 1. The lowest BCUT2D eigenvalue weighted by atomic mass is 10.0. The molecule has 2 aliphatic rings. The molecule has 1 atom stereocenters. The van der Waals surface area contributed by atoms with E-state index in [9.17, 15) is 18.8 Å². The number of imide groups is 1. The first-order valence-electron chi connectivity index (χ1n) is 9.17. The molecule has 4 rings (SSSR count). The van der Waals surface area contributed by atoms with Gasteiger partial charge in [-0.15, -0.1) is 0 Å². The summed E-state index contributed by atoms with van der Waals surface area (Å²) in [6, 6.07) is 8.60. The molecule has 9 nitrogen and oxygen atoms in total. The van der Waals surface area contributed by atoms with Crippen LogP contribution in [-0.2, 0) is 9.59 Å². The smallest absolute Gasteiger partial charge is 0.445 e. The third-order valence-electron chi connectivity index (χ3n) is 4.68. The number of carbonyl (C=O) groups is 3. The van der Waals surface area contributed by atoms with Crippen molar-refractivity contribution in [3.05, 3.63) is 54.2 Å². The zero-order valence-corrected chi connectivity index (χ0v) is 17.4. The van der Waals surface area contributed by atoms with E-state index in [4.69, 9.17) is 4.42 Å². The molecule has 0 saturated heterocycles. The van der Waals surface area contributed by atoms with Crippen LogP contribution in [0.5, 0.6) is 0 Å². The summed E-state index contributed by atoms with van der Waals surface area (Å²) in [5.41, 5.74) is 0.0579. The lowest BCUT2D eigenvalue weighted by molar-refractivity contribution is -0.407. The normalized spacial score (nSPS) is 18.5. The van der Waals surface area contributed by atoms with Gasteiger partial charge in [-0.3, -0.25) is 9.59 Å². The van der Waals surface area contributed by atoms with Crippen LogP contribution in [0.4, 0.5) is 14.9 Å². The van der Waals surface area contributed by atoms with Gasteiger partial charge in [0.2, 0.25) is 5.91 Å². The van der Waals surface area contributed by atoms with E-state index < -0.39 is 29.6 Å². The standard InChI is InChI=1S/C20H16FN5O4S/c1-25-17-15(19(28)26(2)20(25)29)18(24-16(23-17)13-8-5-9-30-13)31-10-14(27)22-12-7-4-3-6-11(12)21/h3-9,15H,10H2,1-2H3/p+1. The highest BCUT2D eigenvalue weighted by Gasteiger charge is 2.49. The SMILES string of the molecule is CN1C(=O)C2C(SCC(=O)Nc3ccccc3F)=NC(c3ccco3)=NC2=[N+](C)C1=O. The number of hydrogen-bond acceptors (Lipinski definition) is 7. The summed E-state index contributed by atoms with van der Waals surface area (Å²) < 4.78 is 20.4. The van der Waals surface area contributed by atoms with Gasteiger partial charge in [0, 0.05) is 0 Å². The predicted molar refractivity (Wildman–Crippen MR) is 113 cm³/mol. The Kier molecular flexibility index (Phi) is 5.51. The third kappa shape index (κ3) is 3.91. The second-order valence-corrected chi connectivity index (χ2v) is 7.71. The molecule has 0 aliphatic carbocycles. The molecule has 11 heteroatoms. The molecular weight excluding hydrogens is 425 g/mol. The number of fused-ring (bicyclic) bond motifs is 1. The summed E-state index contributed by atoms with van der Waals surface area (Å²) in [5, 5.41) is 2.78. The Morgan fingerprint density at radius 2 is 2.03 bits per heavy atom. The van der Waals surface area contributed by atoms with Gasteiger partial charge in [-0.05, 0) is 24.3 Å². The zero-order chi connectivity index (χ0) is 22.1. The number of rotatable bonds is 4. The van der Waals surface area contributed by atoms with Crippen molar-refractivity contribution >= 4 is 52.0 Å². The molecule has 0 spiro atoms.